The molecule has 1 aromatic rings. The van der Waals surface area contributed by atoms with Gasteiger partial charge in [0, 0.05) is 11.4 Å². The topological polar surface area (TPSA) is 12.0 Å². The van der Waals surface area contributed by atoms with Gasteiger partial charge in [-0.2, -0.15) is 0 Å². The molecule has 0 bridgehead atoms. The van der Waals surface area contributed by atoms with Gasteiger partial charge in [0.25, 0.3) is 0 Å². The summed E-state index contributed by atoms with van der Waals surface area (Å²) in [6.45, 7) is 10.9. The van der Waals surface area contributed by atoms with Crippen LogP contribution < -0.4 is 5.32 Å². The maximum absolute atomic E-state index is 4.14. The van der Waals surface area contributed by atoms with Gasteiger partial charge in [-0.25, -0.2) is 0 Å². The van der Waals surface area contributed by atoms with Gasteiger partial charge in [-0.3, -0.25) is 0 Å². The smallest absolute Gasteiger partial charge is 0.0416 e. The van der Waals surface area contributed by atoms with Crippen molar-refractivity contribution in [3.05, 3.63) is 42.1 Å². The largest absolute Gasteiger partial charge is 0.359 e. The van der Waals surface area contributed by atoms with E-state index in [0.717, 1.165) is 12.1 Å². The molecule has 0 amide bonds. The van der Waals surface area contributed by atoms with Gasteiger partial charge in [0.05, 0.1) is 0 Å². The van der Waals surface area contributed by atoms with Crippen LogP contribution >= 0.6 is 0 Å². The van der Waals surface area contributed by atoms with Gasteiger partial charge in [0.2, 0.25) is 0 Å². The summed E-state index contributed by atoms with van der Waals surface area (Å²) < 4.78 is 0. The zero-order valence-electron chi connectivity index (χ0n) is 12.1. The van der Waals surface area contributed by atoms with Crippen LogP contribution in [0.4, 0.5) is 5.69 Å². The molecule has 0 aliphatic heterocycles. The summed E-state index contributed by atoms with van der Waals surface area (Å²) in [7, 11) is 0. The van der Waals surface area contributed by atoms with Crippen LogP contribution in [0.2, 0.25) is 0 Å². The molecule has 1 N–H and O–H groups in total. The molecule has 0 saturated heterocycles. The lowest BCUT2D eigenvalue weighted by Gasteiger charge is -2.17. The summed E-state index contributed by atoms with van der Waals surface area (Å²) in [4.78, 5) is 0. The number of benzene rings is 1. The zero-order chi connectivity index (χ0) is 13.4. The Kier molecular flexibility index (Phi) is 6.56. The molecular formula is C17H27N. The molecule has 0 aliphatic rings. The Labute approximate surface area is 112 Å². The minimum atomic E-state index is 0.595. The quantitative estimate of drug-likeness (QED) is 0.579. The monoisotopic (exact) mass is 245 g/mol. The van der Waals surface area contributed by atoms with Crippen LogP contribution in [0.5, 0.6) is 0 Å². The van der Waals surface area contributed by atoms with E-state index in [1.54, 1.807) is 0 Å². The van der Waals surface area contributed by atoms with Crippen LogP contribution in [0.15, 0.2) is 36.5 Å². The van der Waals surface area contributed by atoms with Crippen LogP contribution in [0.25, 0.3) is 0 Å². The molecule has 1 rings (SSSR count). The van der Waals surface area contributed by atoms with Gasteiger partial charge in [-0.1, -0.05) is 58.4 Å². The van der Waals surface area contributed by atoms with Crippen molar-refractivity contribution < 1.29 is 0 Å². The number of hydrogen-bond donors (Lipinski definition) is 1. The molecule has 1 atom stereocenters. The highest BCUT2D eigenvalue weighted by atomic mass is 14.9. The first-order valence-electron chi connectivity index (χ1n) is 7.22. The Hall–Kier alpha value is -1.24. The molecule has 0 aliphatic carbocycles. The number of rotatable bonds is 8. The van der Waals surface area contributed by atoms with E-state index < -0.39 is 0 Å². The van der Waals surface area contributed by atoms with Crippen molar-refractivity contribution in [1.82, 2.24) is 0 Å². The maximum atomic E-state index is 4.14. The number of unbranched alkanes of at least 4 members (excludes halogenated alkanes) is 2. The molecule has 1 heteroatoms. The van der Waals surface area contributed by atoms with E-state index >= 15 is 0 Å². The van der Waals surface area contributed by atoms with E-state index in [9.17, 15) is 0 Å². The van der Waals surface area contributed by atoms with Crippen molar-refractivity contribution in [1.29, 1.82) is 0 Å². The van der Waals surface area contributed by atoms with E-state index in [2.05, 4.69) is 56.9 Å². The van der Waals surface area contributed by atoms with Gasteiger partial charge in [-0.15, -0.1) is 0 Å². The summed E-state index contributed by atoms with van der Waals surface area (Å²) >= 11 is 0. The predicted octanol–water partition coefficient (Wildman–Crippen LogP) is 5.71. The Balaban J connectivity index is 2.63. The molecule has 1 unspecified atom stereocenters. The van der Waals surface area contributed by atoms with E-state index in [1.165, 1.54) is 36.9 Å². The number of allylic oxidation sites excluding steroid dienone is 1. The van der Waals surface area contributed by atoms with Gasteiger partial charge >= 0.3 is 0 Å². The highest BCUT2D eigenvalue weighted by Gasteiger charge is 2.08. The minimum Gasteiger partial charge on any atom is -0.359 e. The van der Waals surface area contributed by atoms with Crippen LogP contribution in [0.1, 0.15) is 64.4 Å². The Morgan fingerprint density at radius 3 is 2.61 bits per heavy atom. The van der Waals surface area contributed by atoms with Crippen LogP contribution in [0, 0.1) is 0 Å². The van der Waals surface area contributed by atoms with Crippen molar-refractivity contribution in [3.8, 4) is 0 Å². The van der Waals surface area contributed by atoms with Gasteiger partial charge in [-0.05, 0) is 36.8 Å². The number of anilines is 1. The second-order valence-electron chi connectivity index (χ2n) is 5.08. The summed E-state index contributed by atoms with van der Waals surface area (Å²) in [6.07, 6.45) is 6.02. The normalized spacial score (nSPS) is 12.2. The van der Waals surface area contributed by atoms with E-state index in [0.29, 0.717) is 5.92 Å². The lowest BCUT2D eigenvalue weighted by Crippen LogP contribution is -2.03. The third-order valence-corrected chi connectivity index (χ3v) is 3.50. The third kappa shape index (κ3) is 4.56. The average molecular weight is 245 g/mol. The molecule has 0 fully saturated rings. The van der Waals surface area contributed by atoms with Gasteiger partial charge in [0.1, 0.15) is 0 Å². The molecule has 1 aromatic carbocycles. The predicted molar refractivity (Wildman–Crippen MR) is 82.1 cm³/mol. The fourth-order valence-electron chi connectivity index (χ4n) is 2.10. The van der Waals surface area contributed by atoms with Crippen molar-refractivity contribution in [2.75, 3.05) is 5.32 Å². The van der Waals surface area contributed by atoms with E-state index in [-0.39, 0.29) is 0 Å². The van der Waals surface area contributed by atoms with Crippen molar-refractivity contribution in [2.45, 2.75) is 58.8 Å². The molecule has 1 nitrogen and oxygen atoms in total. The summed E-state index contributed by atoms with van der Waals surface area (Å²) in [6, 6.07) is 8.59. The molecule has 0 spiro atoms. The summed E-state index contributed by atoms with van der Waals surface area (Å²) in [5.74, 6) is 0.595. The summed E-state index contributed by atoms with van der Waals surface area (Å²) in [5.41, 5.74) is 3.77. The zero-order valence-corrected chi connectivity index (χ0v) is 12.1. The lowest BCUT2D eigenvalue weighted by atomic mass is 9.96. The summed E-state index contributed by atoms with van der Waals surface area (Å²) in [5, 5.41) is 3.49. The standard InChI is InChI=1S/C17H27N/c1-5-7-8-11-15(4)18-17-13-10-9-12-16(17)14(3)6-2/h9-10,12-14,18H,4-8,11H2,1-3H3. The molecule has 0 radical (unpaired) electrons. The minimum absolute atomic E-state index is 0.595. The van der Waals surface area contributed by atoms with Crippen LogP contribution in [-0.4, -0.2) is 0 Å². The molecule has 0 aromatic heterocycles. The average Bonchev–Trinajstić information content (AvgIpc) is 2.39. The first-order chi connectivity index (χ1) is 8.69. The second-order valence-corrected chi connectivity index (χ2v) is 5.08. The number of hydrogen-bond acceptors (Lipinski definition) is 1. The SMILES string of the molecule is C=C(CCCCC)Nc1ccccc1C(C)CC. The molecule has 100 valence electrons. The highest BCUT2D eigenvalue weighted by Crippen LogP contribution is 2.27. The Morgan fingerprint density at radius 2 is 1.94 bits per heavy atom. The van der Waals surface area contributed by atoms with Gasteiger partial charge < -0.3 is 5.32 Å². The second kappa shape index (κ2) is 7.97. The Morgan fingerprint density at radius 1 is 1.22 bits per heavy atom. The van der Waals surface area contributed by atoms with Crippen molar-refractivity contribution in [2.24, 2.45) is 0 Å². The van der Waals surface area contributed by atoms with Crippen molar-refractivity contribution in [3.63, 3.8) is 0 Å². The molecule has 0 saturated carbocycles. The van der Waals surface area contributed by atoms with E-state index in [1.807, 2.05) is 0 Å². The fourth-order valence-corrected chi connectivity index (χ4v) is 2.10. The van der Waals surface area contributed by atoms with Crippen LogP contribution in [-0.2, 0) is 0 Å². The fraction of sp³-hybridized carbons (Fsp3) is 0.529. The molecule has 0 heterocycles. The maximum Gasteiger partial charge on any atom is 0.0416 e. The number of para-hydroxylation sites is 1. The third-order valence-electron chi connectivity index (χ3n) is 3.50. The van der Waals surface area contributed by atoms with Crippen LogP contribution in [0.3, 0.4) is 0 Å². The van der Waals surface area contributed by atoms with Gasteiger partial charge in [0.15, 0.2) is 0 Å². The first kappa shape index (κ1) is 14.8. The first-order valence-corrected chi connectivity index (χ1v) is 7.22. The number of nitrogens with one attached hydrogen (secondary N) is 1. The molecule has 18 heavy (non-hydrogen) atoms. The Bertz CT molecular complexity index is 368. The highest BCUT2D eigenvalue weighted by molar-refractivity contribution is 5.55. The molecular weight excluding hydrogens is 218 g/mol. The lowest BCUT2D eigenvalue weighted by molar-refractivity contribution is 0.713. The van der Waals surface area contributed by atoms with E-state index in [4.69, 9.17) is 0 Å². The van der Waals surface area contributed by atoms with Crippen molar-refractivity contribution >= 4 is 5.69 Å².